The Hall–Kier alpha value is -1.28. The van der Waals surface area contributed by atoms with Gasteiger partial charge in [-0.1, -0.05) is 40.9 Å². The monoisotopic (exact) mass is 492 g/mol. The van der Waals surface area contributed by atoms with E-state index in [-0.39, 0.29) is 26.5 Å². The van der Waals surface area contributed by atoms with Gasteiger partial charge in [-0.05, 0) is 59.0 Å². The fourth-order valence-electron chi connectivity index (χ4n) is 2.17. The zero-order valence-electron chi connectivity index (χ0n) is 11.8. The lowest BCUT2D eigenvalue weighted by atomic mass is 10.3. The molecular formula is C16H8Cl3IN2O2. The number of nitrogens with one attached hydrogen (secondary N) is 1. The van der Waals surface area contributed by atoms with Crippen LogP contribution in [0.4, 0.5) is 11.4 Å². The number of amides is 2. The summed E-state index contributed by atoms with van der Waals surface area (Å²) in [5, 5.41) is 3.04. The van der Waals surface area contributed by atoms with Crippen LogP contribution in [0.15, 0.2) is 53.2 Å². The molecule has 2 aromatic rings. The molecular weight excluding hydrogens is 485 g/mol. The van der Waals surface area contributed by atoms with E-state index in [2.05, 4.69) is 27.9 Å². The summed E-state index contributed by atoms with van der Waals surface area (Å²) in [5.74, 6) is -1.24. The lowest BCUT2D eigenvalue weighted by Gasteiger charge is -2.17. The standard InChI is InChI=1S/C16H8Cl3IN2O2/c17-10-2-1-3-11(12(10)18)22-15(23)13(19)14(16(22)24)21-9-6-4-8(20)5-7-9/h1-7,21H. The minimum atomic E-state index is -0.654. The summed E-state index contributed by atoms with van der Waals surface area (Å²) in [6.07, 6.45) is 0. The van der Waals surface area contributed by atoms with Crippen LogP contribution in [-0.4, -0.2) is 11.8 Å². The van der Waals surface area contributed by atoms with Crippen molar-refractivity contribution in [2.24, 2.45) is 0 Å². The van der Waals surface area contributed by atoms with Gasteiger partial charge in [0.05, 0.1) is 15.7 Å². The number of hydrogen-bond donors (Lipinski definition) is 1. The molecule has 1 heterocycles. The summed E-state index contributed by atoms with van der Waals surface area (Å²) in [6, 6.07) is 12.0. The van der Waals surface area contributed by atoms with Crippen molar-refractivity contribution in [2.45, 2.75) is 0 Å². The molecule has 1 N–H and O–H groups in total. The van der Waals surface area contributed by atoms with E-state index in [1.54, 1.807) is 24.3 Å². The van der Waals surface area contributed by atoms with E-state index in [1.165, 1.54) is 6.07 Å². The average Bonchev–Trinajstić information content (AvgIpc) is 2.76. The van der Waals surface area contributed by atoms with Crippen molar-refractivity contribution in [1.29, 1.82) is 0 Å². The van der Waals surface area contributed by atoms with Crippen molar-refractivity contribution in [1.82, 2.24) is 0 Å². The first-order valence-corrected chi connectivity index (χ1v) is 8.86. The molecule has 0 bridgehead atoms. The second-order valence-corrected chi connectivity index (χ2v) is 7.25. The van der Waals surface area contributed by atoms with Crippen LogP contribution < -0.4 is 10.2 Å². The first kappa shape index (κ1) is 17.5. The predicted octanol–water partition coefficient (Wildman–Crippen LogP) is 5.03. The minimum absolute atomic E-state index is 0.00100. The normalized spacial score (nSPS) is 14.6. The summed E-state index contributed by atoms with van der Waals surface area (Å²) < 4.78 is 1.04. The Bertz CT molecular complexity index is 881. The molecule has 122 valence electrons. The van der Waals surface area contributed by atoms with Crippen molar-refractivity contribution < 1.29 is 9.59 Å². The van der Waals surface area contributed by atoms with Crippen molar-refractivity contribution in [3.63, 3.8) is 0 Å². The first-order valence-electron chi connectivity index (χ1n) is 6.65. The number of carbonyl (C=O) groups is 2. The molecule has 0 spiro atoms. The summed E-state index contributed by atoms with van der Waals surface area (Å²) in [4.78, 5) is 26.0. The van der Waals surface area contributed by atoms with Crippen LogP contribution in [-0.2, 0) is 9.59 Å². The zero-order valence-corrected chi connectivity index (χ0v) is 16.2. The van der Waals surface area contributed by atoms with E-state index < -0.39 is 11.8 Å². The molecule has 8 heteroatoms. The maximum absolute atomic E-state index is 12.7. The third-order valence-corrected chi connectivity index (χ3v) is 5.19. The number of imide groups is 1. The number of hydrogen-bond acceptors (Lipinski definition) is 3. The summed E-state index contributed by atoms with van der Waals surface area (Å²) >= 11 is 20.3. The van der Waals surface area contributed by atoms with Crippen LogP contribution in [0.25, 0.3) is 0 Å². The van der Waals surface area contributed by atoms with Crippen LogP contribution in [0.5, 0.6) is 0 Å². The molecule has 0 saturated carbocycles. The van der Waals surface area contributed by atoms with Crippen molar-refractivity contribution >= 4 is 80.6 Å². The Morgan fingerprint density at radius 3 is 2.25 bits per heavy atom. The fraction of sp³-hybridized carbons (Fsp3) is 0. The highest BCUT2D eigenvalue weighted by molar-refractivity contribution is 14.1. The van der Waals surface area contributed by atoms with Crippen LogP contribution in [0.2, 0.25) is 10.0 Å². The number of nitrogens with zero attached hydrogens (tertiary/aromatic N) is 1. The molecule has 0 saturated heterocycles. The van der Waals surface area contributed by atoms with Gasteiger partial charge in [0.15, 0.2) is 0 Å². The van der Waals surface area contributed by atoms with Gasteiger partial charge in [0, 0.05) is 9.26 Å². The molecule has 0 unspecified atom stereocenters. The molecule has 2 aromatic carbocycles. The highest BCUT2D eigenvalue weighted by Crippen LogP contribution is 2.37. The van der Waals surface area contributed by atoms with Gasteiger partial charge in [-0.15, -0.1) is 0 Å². The molecule has 0 aliphatic carbocycles. The highest BCUT2D eigenvalue weighted by atomic mass is 127. The second-order valence-electron chi connectivity index (χ2n) is 4.84. The third kappa shape index (κ3) is 3.13. The first-order chi connectivity index (χ1) is 11.4. The number of anilines is 2. The molecule has 24 heavy (non-hydrogen) atoms. The van der Waals surface area contributed by atoms with Crippen LogP contribution in [0.1, 0.15) is 0 Å². The van der Waals surface area contributed by atoms with Gasteiger partial charge in [0.2, 0.25) is 0 Å². The van der Waals surface area contributed by atoms with Gasteiger partial charge in [-0.25, -0.2) is 4.90 Å². The van der Waals surface area contributed by atoms with E-state index >= 15 is 0 Å². The highest BCUT2D eigenvalue weighted by Gasteiger charge is 2.40. The second kappa shape index (κ2) is 6.92. The largest absolute Gasteiger partial charge is 0.350 e. The summed E-state index contributed by atoms with van der Waals surface area (Å²) in [7, 11) is 0. The molecule has 2 amide bonds. The van der Waals surface area contributed by atoms with Gasteiger partial charge >= 0.3 is 0 Å². The van der Waals surface area contributed by atoms with Crippen LogP contribution >= 0.6 is 57.4 Å². The maximum Gasteiger partial charge on any atom is 0.283 e. The topological polar surface area (TPSA) is 49.4 Å². The van der Waals surface area contributed by atoms with Crippen molar-refractivity contribution in [3.05, 3.63) is 66.8 Å². The van der Waals surface area contributed by atoms with Gasteiger partial charge in [0.1, 0.15) is 10.7 Å². The number of benzene rings is 2. The average molecular weight is 494 g/mol. The third-order valence-electron chi connectivity index (χ3n) is 3.31. The van der Waals surface area contributed by atoms with E-state index in [0.717, 1.165) is 8.47 Å². The van der Waals surface area contributed by atoms with E-state index in [0.29, 0.717) is 5.69 Å². The number of carbonyl (C=O) groups excluding carboxylic acids is 2. The molecule has 4 nitrogen and oxygen atoms in total. The molecule has 0 aromatic heterocycles. The van der Waals surface area contributed by atoms with Gasteiger partial charge < -0.3 is 5.32 Å². The Morgan fingerprint density at radius 2 is 1.58 bits per heavy atom. The lowest BCUT2D eigenvalue weighted by molar-refractivity contribution is -0.120. The molecule has 0 atom stereocenters. The predicted molar refractivity (Wildman–Crippen MR) is 105 cm³/mol. The molecule has 0 radical (unpaired) electrons. The molecule has 3 rings (SSSR count). The van der Waals surface area contributed by atoms with Gasteiger partial charge in [-0.2, -0.15) is 0 Å². The summed E-state index contributed by atoms with van der Waals surface area (Å²) in [6.45, 7) is 0. The van der Waals surface area contributed by atoms with Crippen molar-refractivity contribution in [2.75, 3.05) is 10.2 Å². The van der Waals surface area contributed by atoms with Crippen molar-refractivity contribution in [3.8, 4) is 0 Å². The van der Waals surface area contributed by atoms with E-state index in [4.69, 9.17) is 34.8 Å². The number of rotatable bonds is 3. The smallest absolute Gasteiger partial charge is 0.283 e. The maximum atomic E-state index is 12.7. The Balaban J connectivity index is 1.95. The zero-order chi connectivity index (χ0) is 17.4. The quantitative estimate of drug-likeness (QED) is 0.482. The molecule has 1 aliphatic heterocycles. The minimum Gasteiger partial charge on any atom is -0.350 e. The SMILES string of the molecule is O=C1C(Cl)=C(Nc2ccc(I)cc2)C(=O)N1c1cccc(Cl)c1Cl. The van der Waals surface area contributed by atoms with E-state index in [9.17, 15) is 9.59 Å². The Morgan fingerprint density at radius 1 is 0.917 bits per heavy atom. The van der Waals surface area contributed by atoms with Crippen LogP contribution in [0, 0.1) is 3.57 Å². The summed E-state index contributed by atoms with van der Waals surface area (Å²) in [5.41, 5.74) is 0.833. The van der Waals surface area contributed by atoms with Gasteiger partial charge in [-0.3, -0.25) is 9.59 Å². The molecule has 0 fully saturated rings. The lowest BCUT2D eigenvalue weighted by Crippen LogP contribution is -2.32. The van der Waals surface area contributed by atoms with Gasteiger partial charge in [0.25, 0.3) is 11.8 Å². The Labute approximate surface area is 166 Å². The Kier molecular flexibility index (Phi) is 5.05. The van der Waals surface area contributed by atoms with Crippen LogP contribution in [0.3, 0.4) is 0 Å². The van der Waals surface area contributed by atoms with E-state index in [1.807, 2.05) is 12.1 Å². The fourth-order valence-corrected chi connectivity index (χ4v) is 3.13. The molecule has 1 aliphatic rings. The number of halogens is 4.